The summed E-state index contributed by atoms with van der Waals surface area (Å²) in [7, 11) is 0. The Hall–Kier alpha value is -1.89. The third-order valence-electron chi connectivity index (χ3n) is 3.04. The van der Waals surface area contributed by atoms with E-state index < -0.39 is 6.10 Å². The van der Waals surface area contributed by atoms with Crippen LogP contribution in [-0.4, -0.2) is 34.3 Å². The van der Waals surface area contributed by atoms with E-state index >= 15 is 0 Å². The molecule has 0 spiro atoms. The molecule has 1 heterocycles. The minimum Gasteiger partial charge on any atom is -0.389 e. The van der Waals surface area contributed by atoms with Crippen molar-refractivity contribution in [2.24, 2.45) is 0 Å². The van der Waals surface area contributed by atoms with Crippen LogP contribution in [0.5, 0.6) is 0 Å². The van der Waals surface area contributed by atoms with Gasteiger partial charge in [-0.25, -0.2) is 4.98 Å². The molecule has 2 aromatic rings. The first-order chi connectivity index (χ1) is 10.5. The number of rotatable bonds is 7. The van der Waals surface area contributed by atoms with Gasteiger partial charge in [0.15, 0.2) is 0 Å². The zero-order chi connectivity index (χ0) is 15.9. The second-order valence-electron chi connectivity index (χ2n) is 4.86. The number of aliphatic hydroxyl groups is 1. The number of hydrogen-bond donors (Lipinski definition) is 3. The first kappa shape index (κ1) is 16.5. The van der Waals surface area contributed by atoms with Gasteiger partial charge in [0.05, 0.1) is 18.8 Å². The first-order valence-electron chi connectivity index (χ1n) is 6.93. The average Bonchev–Trinajstić information content (AvgIpc) is 2.50. The lowest BCUT2D eigenvalue weighted by atomic mass is 10.1. The molecule has 0 saturated heterocycles. The van der Waals surface area contributed by atoms with E-state index in [1.54, 1.807) is 0 Å². The summed E-state index contributed by atoms with van der Waals surface area (Å²) in [5, 5.41) is 13.1. The molecule has 0 radical (unpaired) electrons. The van der Waals surface area contributed by atoms with Crippen molar-refractivity contribution in [1.82, 2.24) is 9.97 Å². The molecule has 0 saturated carbocycles. The van der Waals surface area contributed by atoms with Crippen LogP contribution in [-0.2, 0) is 4.74 Å². The lowest BCUT2D eigenvalue weighted by molar-refractivity contribution is 0.00241. The summed E-state index contributed by atoms with van der Waals surface area (Å²) in [5.41, 5.74) is 6.56. The Morgan fingerprint density at radius 1 is 1.32 bits per heavy atom. The van der Waals surface area contributed by atoms with E-state index in [4.69, 9.17) is 22.1 Å². The maximum absolute atomic E-state index is 9.95. The van der Waals surface area contributed by atoms with E-state index in [-0.39, 0.29) is 30.4 Å². The summed E-state index contributed by atoms with van der Waals surface area (Å²) in [6, 6.07) is 11.4. The molecule has 1 aromatic carbocycles. The van der Waals surface area contributed by atoms with Crippen molar-refractivity contribution in [3.8, 4) is 0 Å². The van der Waals surface area contributed by atoms with E-state index in [9.17, 15) is 5.11 Å². The summed E-state index contributed by atoms with van der Waals surface area (Å²) in [5.74, 6) is 0.547. The van der Waals surface area contributed by atoms with Crippen LogP contribution in [0.1, 0.15) is 18.6 Å². The number of nitrogen functional groups attached to an aromatic ring is 1. The normalized spacial score (nSPS) is 13.6. The van der Waals surface area contributed by atoms with Crippen molar-refractivity contribution in [3.05, 3.63) is 47.1 Å². The lowest BCUT2D eigenvalue weighted by Crippen LogP contribution is -2.26. The van der Waals surface area contributed by atoms with Gasteiger partial charge < -0.3 is 20.9 Å². The Labute approximate surface area is 134 Å². The van der Waals surface area contributed by atoms with Crippen molar-refractivity contribution in [3.63, 3.8) is 0 Å². The van der Waals surface area contributed by atoms with Crippen LogP contribution in [0.25, 0.3) is 0 Å². The molecule has 4 N–H and O–H groups in total. The summed E-state index contributed by atoms with van der Waals surface area (Å²) in [6.45, 7) is 2.42. The van der Waals surface area contributed by atoms with Crippen molar-refractivity contribution in [2.45, 2.75) is 19.1 Å². The summed E-state index contributed by atoms with van der Waals surface area (Å²) >= 11 is 5.78. The molecular formula is C15H19ClN4O2. The summed E-state index contributed by atoms with van der Waals surface area (Å²) in [4.78, 5) is 7.73. The topological polar surface area (TPSA) is 93.3 Å². The van der Waals surface area contributed by atoms with E-state index in [0.29, 0.717) is 5.82 Å². The second-order valence-corrected chi connectivity index (χ2v) is 5.24. The Bertz CT molecular complexity index is 577. The standard InChI is InChI=1S/C15H19ClN4O2/c1-10(11-5-3-2-4-6-11)22-9-12(21)8-18-14-7-13(16)19-15(17)20-14/h2-7,10,12,21H,8-9H2,1H3,(H3,17,18,19,20)/t10-,12+/m0/s1. The Morgan fingerprint density at radius 2 is 2.05 bits per heavy atom. The third kappa shape index (κ3) is 5.14. The number of nitrogens with zero attached hydrogens (tertiary/aromatic N) is 2. The monoisotopic (exact) mass is 322 g/mol. The Kier molecular flexibility index (Phi) is 5.94. The van der Waals surface area contributed by atoms with Crippen LogP contribution < -0.4 is 11.1 Å². The lowest BCUT2D eigenvalue weighted by Gasteiger charge is -2.17. The molecule has 6 nitrogen and oxygen atoms in total. The number of hydrogen-bond acceptors (Lipinski definition) is 6. The fourth-order valence-corrected chi connectivity index (χ4v) is 2.07. The number of nitrogens with one attached hydrogen (secondary N) is 1. The summed E-state index contributed by atoms with van der Waals surface area (Å²) < 4.78 is 5.65. The number of aromatic nitrogens is 2. The van der Waals surface area contributed by atoms with Crippen molar-refractivity contribution < 1.29 is 9.84 Å². The molecule has 0 fully saturated rings. The van der Waals surface area contributed by atoms with Gasteiger partial charge in [0.2, 0.25) is 5.95 Å². The molecule has 0 aliphatic carbocycles. The van der Waals surface area contributed by atoms with E-state index in [0.717, 1.165) is 5.56 Å². The fourth-order valence-electron chi connectivity index (χ4n) is 1.88. The predicted molar refractivity (Wildman–Crippen MR) is 86.8 cm³/mol. The van der Waals surface area contributed by atoms with E-state index in [2.05, 4.69) is 15.3 Å². The van der Waals surface area contributed by atoms with Gasteiger partial charge >= 0.3 is 0 Å². The van der Waals surface area contributed by atoms with Crippen molar-refractivity contribution in [2.75, 3.05) is 24.2 Å². The molecule has 0 aliphatic rings. The van der Waals surface area contributed by atoms with Crippen LogP contribution >= 0.6 is 11.6 Å². The maximum atomic E-state index is 9.95. The van der Waals surface area contributed by atoms with Crippen molar-refractivity contribution >= 4 is 23.4 Å². The summed E-state index contributed by atoms with van der Waals surface area (Å²) in [6.07, 6.45) is -0.763. The molecule has 7 heteroatoms. The van der Waals surface area contributed by atoms with Gasteiger partial charge in [-0.2, -0.15) is 4.98 Å². The minimum atomic E-state index is -0.680. The van der Waals surface area contributed by atoms with Gasteiger partial charge in [0, 0.05) is 12.6 Å². The highest BCUT2D eigenvalue weighted by atomic mass is 35.5. The molecule has 22 heavy (non-hydrogen) atoms. The average molecular weight is 323 g/mol. The minimum absolute atomic E-state index is 0.0819. The molecule has 0 unspecified atom stereocenters. The number of anilines is 2. The second kappa shape index (κ2) is 7.93. The largest absolute Gasteiger partial charge is 0.389 e. The zero-order valence-corrected chi connectivity index (χ0v) is 13.0. The number of aliphatic hydroxyl groups excluding tert-OH is 1. The van der Waals surface area contributed by atoms with E-state index in [1.165, 1.54) is 6.07 Å². The fraction of sp³-hybridized carbons (Fsp3) is 0.333. The maximum Gasteiger partial charge on any atom is 0.223 e. The molecule has 1 aromatic heterocycles. The smallest absolute Gasteiger partial charge is 0.223 e. The van der Waals surface area contributed by atoms with Crippen LogP contribution in [0.4, 0.5) is 11.8 Å². The SMILES string of the molecule is C[C@H](OC[C@H](O)CNc1cc(Cl)nc(N)n1)c1ccccc1. The number of halogens is 1. The highest BCUT2D eigenvalue weighted by Crippen LogP contribution is 2.16. The van der Waals surface area contributed by atoms with Gasteiger partial charge in [-0.1, -0.05) is 41.9 Å². The Morgan fingerprint density at radius 3 is 2.73 bits per heavy atom. The zero-order valence-electron chi connectivity index (χ0n) is 12.2. The van der Waals surface area contributed by atoms with E-state index in [1.807, 2.05) is 37.3 Å². The molecule has 0 aliphatic heterocycles. The van der Waals surface area contributed by atoms with Gasteiger partial charge in [-0.15, -0.1) is 0 Å². The third-order valence-corrected chi connectivity index (χ3v) is 3.23. The molecule has 118 valence electrons. The number of nitrogens with two attached hydrogens (primary N) is 1. The van der Waals surface area contributed by atoms with Gasteiger partial charge in [-0.05, 0) is 12.5 Å². The van der Waals surface area contributed by atoms with Crippen LogP contribution in [0, 0.1) is 0 Å². The first-order valence-corrected chi connectivity index (χ1v) is 7.31. The van der Waals surface area contributed by atoms with Crippen LogP contribution in [0.15, 0.2) is 36.4 Å². The quantitative estimate of drug-likeness (QED) is 0.677. The molecule has 2 atom stereocenters. The predicted octanol–water partition coefficient (Wildman–Crippen LogP) is 2.26. The van der Waals surface area contributed by atoms with Crippen LogP contribution in [0.3, 0.4) is 0 Å². The van der Waals surface area contributed by atoms with Gasteiger partial charge in [0.1, 0.15) is 11.0 Å². The van der Waals surface area contributed by atoms with Gasteiger partial charge in [-0.3, -0.25) is 0 Å². The highest BCUT2D eigenvalue weighted by molar-refractivity contribution is 6.29. The molecule has 0 amide bonds. The molecule has 0 bridgehead atoms. The molecular weight excluding hydrogens is 304 g/mol. The molecule has 2 rings (SSSR count). The van der Waals surface area contributed by atoms with Crippen molar-refractivity contribution in [1.29, 1.82) is 0 Å². The Balaban J connectivity index is 1.77. The highest BCUT2D eigenvalue weighted by Gasteiger charge is 2.10. The van der Waals surface area contributed by atoms with Gasteiger partial charge in [0.25, 0.3) is 0 Å². The van der Waals surface area contributed by atoms with Crippen LogP contribution in [0.2, 0.25) is 5.15 Å². The number of ether oxygens (including phenoxy) is 1. The number of benzene rings is 1.